The highest BCUT2D eigenvalue weighted by Crippen LogP contribution is 2.44. The fourth-order valence-electron chi connectivity index (χ4n) is 4.46. The SMILES string of the molecule is COc1ccc(S(=O)(=O)N2CCC3(CC2)CN(C(C=O)c2ccc(F)cc2)C3)cc1. The van der Waals surface area contributed by atoms with Crippen LogP contribution in [0.3, 0.4) is 0 Å². The summed E-state index contributed by atoms with van der Waals surface area (Å²) < 4.78 is 45.7. The lowest BCUT2D eigenvalue weighted by atomic mass is 9.71. The fourth-order valence-corrected chi connectivity index (χ4v) is 5.90. The molecular formula is C22H25FN2O4S. The van der Waals surface area contributed by atoms with Crippen molar-refractivity contribution in [1.29, 1.82) is 0 Å². The predicted octanol–water partition coefficient (Wildman–Crippen LogP) is 2.86. The second-order valence-electron chi connectivity index (χ2n) is 8.12. The molecule has 2 heterocycles. The van der Waals surface area contributed by atoms with E-state index in [2.05, 4.69) is 4.90 Å². The van der Waals surface area contributed by atoms with Crippen molar-refractivity contribution < 1.29 is 22.3 Å². The number of piperidine rings is 1. The van der Waals surface area contributed by atoms with Gasteiger partial charge in [0.05, 0.1) is 18.0 Å². The van der Waals surface area contributed by atoms with Crippen LogP contribution in [0.1, 0.15) is 24.4 Å². The largest absolute Gasteiger partial charge is 0.497 e. The minimum atomic E-state index is -3.53. The lowest BCUT2D eigenvalue weighted by Crippen LogP contribution is -2.61. The molecule has 1 spiro atoms. The Morgan fingerprint density at radius 3 is 2.17 bits per heavy atom. The first kappa shape index (κ1) is 21.0. The molecule has 30 heavy (non-hydrogen) atoms. The van der Waals surface area contributed by atoms with Gasteiger partial charge in [-0.05, 0) is 60.2 Å². The van der Waals surface area contributed by atoms with Gasteiger partial charge in [0.1, 0.15) is 17.9 Å². The van der Waals surface area contributed by atoms with Gasteiger partial charge in [-0.1, -0.05) is 12.1 Å². The minimum Gasteiger partial charge on any atom is -0.497 e. The summed E-state index contributed by atoms with van der Waals surface area (Å²) in [5.74, 6) is 0.293. The Hall–Kier alpha value is -2.29. The normalized spacial score (nSPS) is 20.5. The summed E-state index contributed by atoms with van der Waals surface area (Å²) in [4.78, 5) is 14.0. The molecule has 6 nitrogen and oxygen atoms in total. The van der Waals surface area contributed by atoms with Gasteiger partial charge in [0.15, 0.2) is 0 Å². The van der Waals surface area contributed by atoms with E-state index in [0.29, 0.717) is 18.8 Å². The van der Waals surface area contributed by atoms with Crippen molar-refractivity contribution in [2.45, 2.75) is 23.8 Å². The fraction of sp³-hybridized carbons (Fsp3) is 0.409. The van der Waals surface area contributed by atoms with Crippen molar-refractivity contribution in [3.05, 3.63) is 59.9 Å². The molecule has 0 aromatic heterocycles. The molecule has 0 saturated carbocycles. The minimum absolute atomic E-state index is 0.0349. The van der Waals surface area contributed by atoms with Crippen LogP contribution in [-0.2, 0) is 14.8 Å². The number of hydrogen-bond acceptors (Lipinski definition) is 5. The lowest BCUT2D eigenvalue weighted by Gasteiger charge is -2.55. The summed E-state index contributed by atoms with van der Waals surface area (Å²) in [6, 6.07) is 12.1. The number of benzene rings is 2. The van der Waals surface area contributed by atoms with Crippen LogP contribution in [0.25, 0.3) is 0 Å². The number of sulfonamides is 1. The molecule has 2 aliphatic rings. The molecule has 1 unspecified atom stereocenters. The smallest absolute Gasteiger partial charge is 0.243 e. The number of methoxy groups -OCH3 is 1. The number of nitrogens with zero attached hydrogens (tertiary/aromatic N) is 2. The van der Waals surface area contributed by atoms with Crippen LogP contribution in [0.4, 0.5) is 4.39 Å². The van der Waals surface area contributed by atoms with Gasteiger partial charge in [0, 0.05) is 26.2 Å². The molecule has 2 aliphatic heterocycles. The zero-order valence-corrected chi connectivity index (χ0v) is 17.6. The molecule has 0 bridgehead atoms. The highest BCUT2D eigenvalue weighted by atomic mass is 32.2. The number of aldehydes is 1. The topological polar surface area (TPSA) is 66.9 Å². The van der Waals surface area contributed by atoms with Gasteiger partial charge < -0.3 is 9.53 Å². The number of ether oxygens (including phenoxy) is 1. The summed E-state index contributed by atoms with van der Waals surface area (Å²) >= 11 is 0. The van der Waals surface area contributed by atoms with Gasteiger partial charge in [0.2, 0.25) is 10.0 Å². The van der Waals surface area contributed by atoms with Gasteiger partial charge in [-0.3, -0.25) is 4.90 Å². The number of carbonyl (C=O) groups is 1. The average Bonchev–Trinajstić information content (AvgIpc) is 2.74. The Labute approximate surface area is 176 Å². The highest BCUT2D eigenvalue weighted by molar-refractivity contribution is 7.89. The Balaban J connectivity index is 1.38. The van der Waals surface area contributed by atoms with Crippen LogP contribution in [0.5, 0.6) is 5.75 Å². The van der Waals surface area contributed by atoms with Crippen LogP contribution in [0.2, 0.25) is 0 Å². The molecular weight excluding hydrogens is 407 g/mol. The van der Waals surface area contributed by atoms with E-state index >= 15 is 0 Å². The maximum atomic E-state index is 13.2. The summed E-state index contributed by atoms with van der Waals surface area (Å²) in [7, 11) is -1.99. The lowest BCUT2D eigenvalue weighted by molar-refractivity contribution is -0.121. The van der Waals surface area contributed by atoms with E-state index in [9.17, 15) is 17.6 Å². The van der Waals surface area contributed by atoms with Gasteiger partial charge >= 0.3 is 0 Å². The van der Waals surface area contributed by atoms with Gasteiger partial charge in [-0.2, -0.15) is 4.31 Å². The van der Waals surface area contributed by atoms with Crippen molar-refractivity contribution in [1.82, 2.24) is 9.21 Å². The van der Waals surface area contributed by atoms with Gasteiger partial charge in [0.25, 0.3) is 0 Å². The molecule has 4 rings (SSSR count). The molecule has 0 amide bonds. The van der Waals surface area contributed by atoms with Crippen molar-refractivity contribution in [2.75, 3.05) is 33.3 Å². The number of hydrogen-bond donors (Lipinski definition) is 0. The third-order valence-corrected chi connectivity index (χ3v) is 8.20. The third-order valence-electron chi connectivity index (χ3n) is 6.29. The second-order valence-corrected chi connectivity index (χ2v) is 10.1. The molecule has 2 aromatic rings. The molecule has 0 radical (unpaired) electrons. The zero-order chi connectivity index (χ0) is 21.4. The molecule has 2 saturated heterocycles. The monoisotopic (exact) mass is 432 g/mol. The Kier molecular flexibility index (Phi) is 5.65. The molecule has 8 heteroatoms. The summed E-state index contributed by atoms with van der Waals surface area (Å²) in [6.45, 7) is 2.41. The van der Waals surface area contributed by atoms with Crippen molar-refractivity contribution in [3.8, 4) is 5.75 Å². The van der Waals surface area contributed by atoms with Gasteiger partial charge in [-0.25, -0.2) is 12.8 Å². The first-order valence-electron chi connectivity index (χ1n) is 9.96. The van der Waals surface area contributed by atoms with Crippen LogP contribution in [-0.4, -0.2) is 57.2 Å². The molecule has 2 fully saturated rings. The first-order chi connectivity index (χ1) is 14.4. The van der Waals surface area contributed by atoms with E-state index in [1.165, 1.54) is 12.1 Å². The van der Waals surface area contributed by atoms with Crippen molar-refractivity contribution >= 4 is 16.3 Å². The quantitative estimate of drug-likeness (QED) is 0.657. The van der Waals surface area contributed by atoms with Crippen LogP contribution < -0.4 is 4.74 Å². The first-order valence-corrected chi connectivity index (χ1v) is 11.4. The van der Waals surface area contributed by atoms with E-state index in [4.69, 9.17) is 4.74 Å². The Bertz CT molecular complexity index is 992. The summed E-state index contributed by atoms with van der Waals surface area (Å²) in [6.07, 6.45) is 2.41. The molecule has 0 aliphatic carbocycles. The number of halogens is 1. The van der Waals surface area contributed by atoms with Crippen LogP contribution in [0.15, 0.2) is 53.4 Å². The van der Waals surface area contributed by atoms with Crippen LogP contribution >= 0.6 is 0 Å². The summed E-state index contributed by atoms with van der Waals surface area (Å²) in [5.41, 5.74) is 0.813. The zero-order valence-electron chi connectivity index (χ0n) is 16.8. The van der Waals surface area contributed by atoms with E-state index in [1.807, 2.05) is 0 Å². The van der Waals surface area contributed by atoms with E-state index < -0.39 is 16.1 Å². The van der Waals surface area contributed by atoms with E-state index in [0.717, 1.165) is 37.8 Å². The van der Waals surface area contributed by atoms with Crippen LogP contribution in [0, 0.1) is 11.2 Å². The maximum absolute atomic E-state index is 13.2. The van der Waals surface area contributed by atoms with E-state index in [-0.39, 0.29) is 16.1 Å². The highest BCUT2D eigenvalue weighted by Gasteiger charge is 2.48. The Morgan fingerprint density at radius 1 is 1.03 bits per heavy atom. The summed E-state index contributed by atoms with van der Waals surface area (Å²) in [5, 5.41) is 0. The molecule has 2 aromatic carbocycles. The average molecular weight is 433 g/mol. The standard InChI is InChI=1S/C22H25FN2O4S/c1-29-19-6-8-20(9-7-19)30(27,28)25-12-10-22(11-13-25)15-24(16-22)21(14-26)17-2-4-18(23)5-3-17/h2-9,14,21H,10-13,15-16H2,1H3. The molecule has 1 atom stereocenters. The number of likely N-dealkylation sites (tertiary alicyclic amines) is 1. The van der Waals surface area contributed by atoms with Crippen molar-refractivity contribution in [2.24, 2.45) is 5.41 Å². The third kappa shape index (κ3) is 3.87. The Morgan fingerprint density at radius 2 is 1.63 bits per heavy atom. The second kappa shape index (κ2) is 8.09. The number of carbonyl (C=O) groups excluding carboxylic acids is 1. The van der Waals surface area contributed by atoms with E-state index in [1.54, 1.807) is 47.8 Å². The molecule has 0 N–H and O–H groups in total. The molecule has 160 valence electrons. The van der Waals surface area contributed by atoms with Gasteiger partial charge in [-0.15, -0.1) is 0 Å². The maximum Gasteiger partial charge on any atom is 0.243 e. The number of rotatable bonds is 6. The van der Waals surface area contributed by atoms with Crippen molar-refractivity contribution in [3.63, 3.8) is 0 Å². The predicted molar refractivity (Wildman–Crippen MR) is 110 cm³/mol.